The van der Waals surface area contributed by atoms with Crippen molar-refractivity contribution in [2.24, 2.45) is 5.73 Å². The van der Waals surface area contributed by atoms with E-state index in [1.165, 1.54) is 12.8 Å². The summed E-state index contributed by atoms with van der Waals surface area (Å²) in [4.78, 5) is 34.5. The SMILES string of the molecule is CC/C=C/C=C/C=C/C=C/CCCCCC(=O)OC(COC(=O)CCCCCC/C=C/CCCC)COP(=O)(O)OCCN. The van der Waals surface area contributed by atoms with E-state index in [4.69, 9.17) is 24.3 Å². The lowest BCUT2D eigenvalue weighted by atomic mass is 10.1. The van der Waals surface area contributed by atoms with Crippen LogP contribution in [0.2, 0.25) is 0 Å². The molecule has 0 aliphatic heterocycles. The second-order valence-corrected chi connectivity index (χ2v) is 11.8. The number of allylic oxidation sites excluding steroid dienone is 10. The van der Waals surface area contributed by atoms with Crippen molar-refractivity contribution in [2.75, 3.05) is 26.4 Å². The van der Waals surface area contributed by atoms with Crippen LogP contribution in [0.4, 0.5) is 0 Å². The topological polar surface area (TPSA) is 134 Å². The number of nitrogens with two attached hydrogens (primary N) is 1. The van der Waals surface area contributed by atoms with Crippen molar-refractivity contribution in [3.63, 3.8) is 0 Å². The summed E-state index contributed by atoms with van der Waals surface area (Å²) < 4.78 is 32.4. The predicted octanol–water partition coefficient (Wildman–Crippen LogP) is 8.21. The minimum absolute atomic E-state index is 0.0420. The lowest BCUT2D eigenvalue weighted by Gasteiger charge is -2.19. The van der Waals surface area contributed by atoms with Gasteiger partial charge in [0.05, 0.1) is 13.2 Å². The number of unbranched alkanes of at least 4 members (excludes halogenated alkanes) is 9. The molecule has 0 aromatic carbocycles. The molecule has 0 aromatic rings. The summed E-state index contributed by atoms with van der Waals surface area (Å²) in [6, 6.07) is 0. The quantitative estimate of drug-likeness (QED) is 0.0273. The first-order valence-electron chi connectivity index (χ1n) is 16.3. The molecule has 0 amide bonds. The number of carbonyl (C=O) groups excluding carboxylic acids is 2. The van der Waals surface area contributed by atoms with Crippen LogP contribution in [0.15, 0.2) is 60.8 Å². The highest BCUT2D eigenvalue weighted by atomic mass is 31.2. The fourth-order valence-corrected chi connectivity index (χ4v) is 4.56. The molecule has 2 unspecified atom stereocenters. The maximum absolute atomic E-state index is 12.4. The fourth-order valence-electron chi connectivity index (χ4n) is 3.80. The molecule has 2 atom stereocenters. The van der Waals surface area contributed by atoms with E-state index in [1.807, 2.05) is 36.5 Å². The van der Waals surface area contributed by atoms with Gasteiger partial charge >= 0.3 is 19.8 Å². The summed E-state index contributed by atoms with van der Waals surface area (Å²) in [5.74, 6) is -0.902. The van der Waals surface area contributed by atoms with Gasteiger partial charge in [-0.25, -0.2) is 4.57 Å². The smallest absolute Gasteiger partial charge is 0.462 e. The Morgan fingerprint density at radius 3 is 1.93 bits per heavy atom. The molecule has 3 N–H and O–H groups in total. The van der Waals surface area contributed by atoms with Crippen molar-refractivity contribution < 1.29 is 37.6 Å². The zero-order valence-corrected chi connectivity index (χ0v) is 28.0. The Labute approximate surface area is 266 Å². The number of ether oxygens (including phenoxy) is 2. The van der Waals surface area contributed by atoms with Gasteiger partial charge in [0, 0.05) is 19.4 Å². The molecular formula is C34H58NO8P. The lowest BCUT2D eigenvalue weighted by molar-refractivity contribution is -0.161. The van der Waals surface area contributed by atoms with E-state index in [-0.39, 0.29) is 32.6 Å². The molecule has 0 aliphatic rings. The molecule has 0 saturated carbocycles. The molecule has 44 heavy (non-hydrogen) atoms. The summed E-state index contributed by atoms with van der Waals surface area (Å²) in [7, 11) is -4.38. The van der Waals surface area contributed by atoms with E-state index in [1.54, 1.807) is 0 Å². The molecule has 9 nitrogen and oxygen atoms in total. The number of hydrogen-bond acceptors (Lipinski definition) is 8. The summed E-state index contributed by atoms with van der Waals surface area (Å²) in [6.07, 6.45) is 32.6. The summed E-state index contributed by atoms with van der Waals surface area (Å²) >= 11 is 0. The van der Waals surface area contributed by atoms with Crippen LogP contribution in [0.3, 0.4) is 0 Å². The number of carbonyl (C=O) groups is 2. The van der Waals surface area contributed by atoms with E-state index >= 15 is 0 Å². The Morgan fingerprint density at radius 2 is 1.27 bits per heavy atom. The molecule has 0 saturated heterocycles. The second-order valence-electron chi connectivity index (χ2n) is 10.4. The van der Waals surface area contributed by atoms with Crippen molar-refractivity contribution in [2.45, 2.75) is 116 Å². The third kappa shape index (κ3) is 29.8. The standard InChI is InChI=1S/C34H58NO8P/c1-3-5-7-9-11-13-15-16-17-19-21-23-25-27-34(37)43-32(31-42-44(38,39)41-29-28-35)30-40-33(36)26-24-22-20-18-14-12-10-8-6-4-2/h5,7,9-13,15-17,32H,3-4,6,8,14,18-31,35H2,1-2H3,(H,38,39)/b7-5+,11-9+,12-10+,15-13+,17-16+. The molecule has 0 rings (SSSR count). The molecule has 0 heterocycles. The van der Waals surface area contributed by atoms with Crippen LogP contribution in [-0.4, -0.2) is 49.3 Å². The number of rotatable bonds is 29. The third-order valence-corrected chi connectivity index (χ3v) is 7.22. The van der Waals surface area contributed by atoms with Crippen LogP contribution in [0, 0.1) is 0 Å². The van der Waals surface area contributed by atoms with Gasteiger partial charge in [0.1, 0.15) is 6.61 Å². The van der Waals surface area contributed by atoms with Gasteiger partial charge in [-0.2, -0.15) is 0 Å². The van der Waals surface area contributed by atoms with E-state index in [9.17, 15) is 19.0 Å². The van der Waals surface area contributed by atoms with Crippen molar-refractivity contribution in [3.05, 3.63) is 60.8 Å². The summed E-state index contributed by atoms with van der Waals surface area (Å²) in [5.41, 5.74) is 5.30. The van der Waals surface area contributed by atoms with Gasteiger partial charge in [0.2, 0.25) is 0 Å². The summed E-state index contributed by atoms with van der Waals surface area (Å²) in [6.45, 7) is 3.43. The Kier molecular flexibility index (Phi) is 29.1. The highest BCUT2D eigenvalue weighted by Gasteiger charge is 2.25. The monoisotopic (exact) mass is 639 g/mol. The molecule has 0 aromatic heterocycles. The third-order valence-electron chi connectivity index (χ3n) is 6.23. The van der Waals surface area contributed by atoms with Crippen molar-refractivity contribution in [3.8, 4) is 0 Å². The van der Waals surface area contributed by atoms with E-state index in [0.717, 1.165) is 57.8 Å². The number of hydrogen-bond donors (Lipinski definition) is 2. The van der Waals surface area contributed by atoms with Crippen molar-refractivity contribution >= 4 is 19.8 Å². The van der Waals surface area contributed by atoms with Gasteiger partial charge in [-0.05, 0) is 51.4 Å². The van der Waals surface area contributed by atoms with Gasteiger partial charge in [0.15, 0.2) is 6.10 Å². The Morgan fingerprint density at radius 1 is 0.705 bits per heavy atom. The molecule has 0 bridgehead atoms. The minimum atomic E-state index is -4.38. The molecule has 10 heteroatoms. The maximum atomic E-state index is 12.4. The van der Waals surface area contributed by atoms with Gasteiger partial charge in [0.25, 0.3) is 0 Å². The zero-order chi connectivity index (χ0) is 32.6. The Balaban J connectivity index is 4.43. The van der Waals surface area contributed by atoms with Crippen LogP contribution >= 0.6 is 7.82 Å². The maximum Gasteiger partial charge on any atom is 0.472 e. The highest BCUT2D eigenvalue weighted by molar-refractivity contribution is 7.47. The predicted molar refractivity (Wildman–Crippen MR) is 178 cm³/mol. The van der Waals surface area contributed by atoms with Crippen LogP contribution in [-0.2, 0) is 32.7 Å². The van der Waals surface area contributed by atoms with Crippen molar-refractivity contribution in [1.82, 2.24) is 0 Å². The normalized spacial score (nSPS) is 14.4. The molecule has 252 valence electrons. The number of esters is 2. The number of phosphoric ester groups is 1. The zero-order valence-electron chi connectivity index (χ0n) is 27.1. The van der Waals surface area contributed by atoms with Gasteiger partial charge in [-0.15, -0.1) is 0 Å². The van der Waals surface area contributed by atoms with Crippen molar-refractivity contribution in [1.29, 1.82) is 0 Å². The molecule has 0 aliphatic carbocycles. The molecule has 0 spiro atoms. The van der Waals surface area contributed by atoms with Crippen LogP contribution in [0.5, 0.6) is 0 Å². The minimum Gasteiger partial charge on any atom is -0.462 e. The van der Waals surface area contributed by atoms with E-state index in [2.05, 4.69) is 38.2 Å². The first kappa shape index (κ1) is 41.7. The average Bonchev–Trinajstić information content (AvgIpc) is 3.00. The Hall–Kier alpha value is -2.29. The molecular weight excluding hydrogens is 581 g/mol. The largest absolute Gasteiger partial charge is 0.472 e. The van der Waals surface area contributed by atoms with Crippen LogP contribution in [0.25, 0.3) is 0 Å². The lowest BCUT2D eigenvalue weighted by Crippen LogP contribution is -2.29. The number of phosphoric acid groups is 1. The Bertz CT molecular complexity index is 913. The highest BCUT2D eigenvalue weighted by Crippen LogP contribution is 2.43. The average molecular weight is 640 g/mol. The first-order valence-corrected chi connectivity index (χ1v) is 17.8. The van der Waals surface area contributed by atoms with Gasteiger partial charge < -0.3 is 20.1 Å². The van der Waals surface area contributed by atoms with E-state index < -0.39 is 32.5 Å². The molecule has 0 fully saturated rings. The van der Waals surface area contributed by atoms with Gasteiger partial charge in [-0.1, -0.05) is 107 Å². The fraction of sp³-hybridized carbons (Fsp3) is 0.647. The van der Waals surface area contributed by atoms with Crippen LogP contribution in [0.1, 0.15) is 110 Å². The second kappa shape index (κ2) is 30.7. The van der Waals surface area contributed by atoms with Gasteiger partial charge in [-0.3, -0.25) is 18.6 Å². The first-order chi connectivity index (χ1) is 21.3. The van der Waals surface area contributed by atoms with E-state index in [0.29, 0.717) is 12.8 Å². The summed E-state index contributed by atoms with van der Waals surface area (Å²) in [5, 5.41) is 0. The van der Waals surface area contributed by atoms with Crippen LogP contribution < -0.4 is 5.73 Å². The molecule has 0 radical (unpaired) electrons.